The van der Waals surface area contributed by atoms with Crippen molar-refractivity contribution in [2.24, 2.45) is 5.41 Å². The lowest BCUT2D eigenvalue weighted by Crippen LogP contribution is -2.39. The molecule has 1 aliphatic rings. The molecule has 1 fully saturated rings. The van der Waals surface area contributed by atoms with Crippen LogP contribution in [0.4, 0.5) is 16.3 Å². The van der Waals surface area contributed by atoms with Gasteiger partial charge in [-0.25, -0.2) is 14.3 Å². The Morgan fingerprint density at radius 1 is 0.863 bits per heavy atom. The van der Waals surface area contributed by atoms with Crippen molar-refractivity contribution in [2.75, 3.05) is 46.3 Å². The van der Waals surface area contributed by atoms with Gasteiger partial charge in [0.15, 0.2) is 16.6 Å². The van der Waals surface area contributed by atoms with Gasteiger partial charge in [0, 0.05) is 30.1 Å². The number of anilines is 1. The maximum absolute atomic E-state index is 13.9. The third-order valence-electron chi connectivity index (χ3n) is 11.8. The van der Waals surface area contributed by atoms with Crippen LogP contribution in [0.3, 0.4) is 0 Å². The highest BCUT2D eigenvalue weighted by molar-refractivity contribution is 8.13. The quantitative estimate of drug-likeness (QED) is 0.0212. The van der Waals surface area contributed by atoms with Gasteiger partial charge in [0.05, 0.1) is 57.7 Å². The number of carbonyl (C=O) groups is 2. The number of rotatable bonds is 23. The number of nitro benzene ring substituents is 1. The molecule has 1 unspecified atom stereocenters. The summed E-state index contributed by atoms with van der Waals surface area (Å²) in [6, 6.07) is 28.9. The minimum Gasteiger partial charge on any atom is -0.497 e. The highest BCUT2D eigenvalue weighted by Crippen LogP contribution is 2.51. The van der Waals surface area contributed by atoms with E-state index in [1.54, 1.807) is 14.2 Å². The highest BCUT2D eigenvalue weighted by Gasteiger charge is 2.45. The summed E-state index contributed by atoms with van der Waals surface area (Å²) < 4.78 is 58.0. The molecule has 4 aromatic carbocycles. The molecular formula is C52H64N5O14PS. The number of carbonyl (C=O) groups excluding carboxylic acids is 2. The number of hydrogen-bond donors (Lipinski definition) is 1. The monoisotopic (exact) mass is 1050 g/mol. The average molecular weight is 1050 g/mol. The third-order valence-corrected chi connectivity index (χ3v) is 15.2. The molecule has 21 heteroatoms. The van der Waals surface area contributed by atoms with Crippen molar-refractivity contribution in [1.82, 2.24) is 14.2 Å². The summed E-state index contributed by atoms with van der Waals surface area (Å²) in [5.74, 6) is 1.53. The number of hydrogen-bond acceptors (Lipinski definition) is 17. The lowest BCUT2D eigenvalue weighted by atomic mass is 9.80. The van der Waals surface area contributed by atoms with Gasteiger partial charge in [0.1, 0.15) is 47.8 Å². The molecule has 1 saturated heterocycles. The summed E-state index contributed by atoms with van der Waals surface area (Å²) in [4.78, 5) is 55.3. The first-order valence-corrected chi connectivity index (χ1v) is 25.6. The summed E-state index contributed by atoms with van der Waals surface area (Å²) >= 11 is 1.08. The predicted octanol–water partition coefficient (Wildman–Crippen LogP) is 10.2. The number of benzene rings is 4. The number of nitrogens with zero attached hydrogens (tertiary/aromatic N) is 4. The van der Waals surface area contributed by atoms with Gasteiger partial charge in [-0.3, -0.25) is 24.8 Å². The molecule has 73 heavy (non-hydrogen) atoms. The average Bonchev–Trinajstić information content (AvgIpc) is 3.77. The normalized spacial score (nSPS) is 16.3. The van der Waals surface area contributed by atoms with Crippen LogP contribution >= 0.6 is 20.3 Å². The fourth-order valence-electron chi connectivity index (χ4n) is 8.18. The van der Waals surface area contributed by atoms with Crippen LogP contribution in [0.5, 0.6) is 23.0 Å². The van der Waals surface area contributed by atoms with E-state index < -0.39 is 61.3 Å². The first-order chi connectivity index (χ1) is 34.8. The van der Waals surface area contributed by atoms with Crippen LogP contribution in [-0.4, -0.2) is 95.6 Å². The maximum Gasteiger partial charge on any atom is 0.413 e. The van der Waals surface area contributed by atoms with Gasteiger partial charge in [-0.2, -0.15) is 4.98 Å². The minimum absolute atomic E-state index is 0.0343. The number of methoxy groups -OCH3 is 4. The molecule has 2 heterocycles. The molecule has 0 spiro atoms. The van der Waals surface area contributed by atoms with E-state index in [9.17, 15) is 24.5 Å². The van der Waals surface area contributed by atoms with E-state index in [0.29, 0.717) is 11.5 Å². The van der Waals surface area contributed by atoms with Crippen LogP contribution < -0.4 is 30.0 Å². The largest absolute Gasteiger partial charge is 0.497 e. The zero-order valence-corrected chi connectivity index (χ0v) is 44.6. The van der Waals surface area contributed by atoms with Crippen molar-refractivity contribution in [3.8, 4) is 23.0 Å². The summed E-state index contributed by atoms with van der Waals surface area (Å²) in [5, 5.41) is 14.2. The molecule has 1 aromatic heterocycles. The molecule has 1 amide bonds. The van der Waals surface area contributed by atoms with Gasteiger partial charge in [-0.15, -0.1) is 0 Å². The number of aromatic nitrogens is 2. The third kappa shape index (κ3) is 13.7. The van der Waals surface area contributed by atoms with Crippen molar-refractivity contribution < 1.29 is 56.7 Å². The number of ether oxygens (including phenoxy) is 7. The Kier molecular flexibility index (Phi) is 19.4. The SMILES string of the molecule is COc1ccc(C(OC[C@H]2O[C@@H](n3ccc(NC(=O)OCc4cc(OC)c(OC)cc4[N+](=O)[O-])nc3=O)C[C@@H]2OP(OCSC(=O)C(C)(C)C)N(C(C)C)C(C)C)(c2ccccc2)c2ccc(OC)cc2)cc1. The molecule has 5 aromatic rings. The fourth-order valence-corrected chi connectivity index (χ4v) is 10.8. The zero-order chi connectivity index (χ0) is 53.0. The summed E-state index contributed by atoms with van der Waals surface area (Å²) in [6.07, 6.45) is -1.98. The molecule has 0 radical (unpaired) electrons. The zero-order valence-electron chi connectivity index (χ0n) is 42.9. The van der Waals surface area contributed by atoms with Crippen molar-refractivity contribution in [3.05, 3.63) is 146 Å². The standard InChI is InChI=1S/C52H64N5O14PS/c1-33(2)56(34(3)4)72(69-32-73-48(58)51(5,6)7)71-44-29-47(55-26-25-46(53-49(55)59)54-50(60)67-30-35-27-42(65-10)43(66-11)28-41(35)57(61)62)70-45(44)31-68-52(36-15-13-12-14-16-36,37-17-21-39(63-8)22-18-37)38-19-23-40(64-9)24-20-38/h12-28,33-34,44-45,47H,29-32H2,1-11H3,(H,53,54,59,60)/t44-,45+,47+,72?/m0/s1. The summed E-state index contributed by atoms with van der Waals surface area (Å²) in [7, 11) is 4.07. The molecular weight excluding hydrogens is 982 g/mol. The second-order valence-corrected chi connectivity index (χ2v) is 20.7. The van der Waals surface area contributed by atoms with Gasteiger partial charge in [-0.05, 0) is 80.8 Å². The van der Waals surface area contributed by atoms with Crippen LogP contribution in [0.2, 0.25) is 0 Å². The first kappa shape index (κ1) is 56.2. The Hall–Kier alpha value is -6.12. The van der Waals surface area contributed by atoms with Gasteiger partial charge >= 0.3 is 11.8 Å². The Balaban J connectivity index is 1.34. The lowest BCUT2D eigenvalue weighted by molar-refractivity contribution is -0.385. The molecule has 19 nitrogen and oxygen atoms in total. The molecule has 6 rings (SSSR count). The number of thioether (sulfide) groups is 1. The topological polar surface area (TPSA) is 211 Å². The molecule has 0 bridgehead atoms. The Labute approximate surface area is 430 Å². The minimum atomic E-state index is -1.85. The first-order valence-electron chi connectivity index (χ1n) is 23.4. The number of amides is 1. The van der Waals surface area contributed by atoms with Gasteiger partial charge in [-0.1, -0.05) is 87.1 Å². The molecule has 1 aliphatic heterocycles. The van der Waals surface area contributed by atoms with E-state index in [0.717, 1.165) is 28.5 Å². The maximum atomic E-state index is 13.9. The number of nitrogens with one attached hydrogen (secondary N) is 1. The van der Waals surface area contributed by atoms with Crippen LogP contribution in [0.15, 0.2) is 108 Å². The summed E-state index contributed by atoms with van der Waals surface area (Å²) in [6.45, 7) is 13.1. The van der Waals surface area contributed by atoms with E-state index in [-0.39, 0.29) is 64.7 Å². The van der Waals surface area contributed by atoms with Gasteiger partial charge in [0.25, 0.3) is 14.2 Å². The second-order valence-electron chi connectivity index (χ2n) is 18.4. The molecule has 392 valence electrons. The Morgan fingerprint density at radius 2 is 1.44 bits per heavy atom. The molecule has 0 saturated carbocycles. The van der Waals surface area contributed by atoms with Crippen molar-refractivity contribution in [3.63, 3.8) is 0 Å². The molecule has 4 atom stereocenters. The van der Waals surface area contributed by atoms with Crippen molar-refractivity contribution in [1.29, 1.82) is 0 Å². The van der Waals surface area contributed by atoms with E-state index in [2.05, 4.69) is 15.0 Å². The van der Waals surface area contributed by atoms with Crippen LogP contribution in [-0.2, 0) is 40.3 Å². The predicted molar refractivity (Wildman–Crippen MR) is 277 cm³/mol. The highest BCUT2D eigenvalue weighted by atomic mass is 32.2. The molecule has 1 N–H and O–H groups in total. The fraction of sp³-hybridized carbons (Fsp3) is 0.423. The second kappa shape index (κ2) is 25.2. The van der Waals surface area contributed by atoms with Crippen LogP contribution in [0.1, 0.15) is 83.4 Å². The number of nitro groups is 1. The summed E-state index contributed by atoms with van der Waals surface area (Å²) in [5.41, 5.74) is -0.508. The van der Waals surface area contributed by atoms with E-state index >= 15 is 0 Å². The van der Waals surface area contributed by atoms with E-state index in [1.165, 1.54) is 43.2 Å². The van der Waals surface area contributed by atoms with Gasteiger partial charge in [0.2, 0.25) is 0 Å². The Bertz CT molecular complexity index is 2650. The smallest absolute Gasteiger partial charge is 0.413 e. The lowest BCUT2D eigenvalue weighted by Gasteiger charge is -2.39. The van der Waals surface area contributed by atoms with Gasteiger partial charge < -0.3 is 42.2 Å². The van der Waals surface area contributed by atoms with Crippen molar-refractivity contribution in [2.45, 2.75) is 97.6 Å². The van der Waals surface area contributed by atoms with E-state index in [4.69, 9.17) is 42.2 Å². The van der Waals surface area contributed by atoms with Crippen LogP contribution in [0, 0.1) is 15.5 Å². The van der Waals surface area contributed by atoms with E-state index in [1.807, 2.05) is 127 Å². The Morgan fingerprint density at radius 3 is 1.96 bits per heavy atom. The molecule has 0 aliphatic carbocycles. The van der Waals surface area contributed by atoms with Crippen molar-refractivity contribution >= 4 is 43.0 Å². The van der Waals surface area contributed by atoms with Crippen LogP contribution in [0.25, 0.3) is 0 Å².